The number of hydrogen-bond acceptors (Lipinski definition) is 4. The number of fused-ring (bicyclic) bond motifs is 1. The van der Waals surface area contributed by atoms with Crippen molar-refractivity contribution < 1.29 is 14.9 Å². The average Bonchev–Trinajstić information content (AvgIpc) is 2.48. The van der Waals surface area contributed by atoms with Crippen molar-refractivity contribution >= 4 is 0 Å². The van der Waals surface area contributed by atoms with Gasteiger partial charge in [-0.1, -0.05) is 6.08 Å². The fourth-order valence-corrected chi connectivity index (χ4v) is 3.62. The van der Waals surface area contributed by atoms with Crippen molar-refractivity contribution in [1.82, 2.24) is 4.90 Å². The predicted molar refractivity (Wildman–Crippen MR) is 70.3 cm³/mol. The van der Waals surface area contributed by atoms with Gasteiger partial charge >= 0.3 is 0 Å². The Morgan fingerprint density at radius 1 is 1.50 bits per heavy atom. The predicted octanol–water partition coefficient (Wildman–Crippen LogP) is 0.784. The second-order valence-corrected chi connectivity index (χ2v) is 6.42. The summed E-state index contributed by atoms with van der Waals surface area (Å²) in [6.07, 6.45) is 2.73. The maximum Gasteiger partial charge on any atom is 0.109 e. The molecule has 0 spiro atoms. The highest BCUT2D eigenvalue weighted by atomic mass is 16.5. The normalized spacial score (nSPS) is 42.9. The Labute approximate surface area is 109 Å². The monoisotopic (exact) mass is 255 g/mol. The Kier molecular flexibility index (Phi) is 3.58. The van der Waals surface area contributed by atoms with Crippen molar-refractivity contribution in [1.29, 1.82) is 0 Å². The molecule has 0 unspecified atom stereocenters. The van der Waals surface area contributed by atoms with Crippen LogP contribution >= 0.6 is 0 Å². The molecule has 2 fully saturated rings. The summed E-state index contributed by atoms with van der Waals surface area (Å²) in [6.45, 7) is 8.75. The fourth-order valence-electron chi connectivity index (χ4n) is 3.62. The number of nitrogens with zero attached hydrogens (tertiary/aromatic N) is 1. The summed E-state index contributed by atoms with van der Waals surface area (Å²) < 4.78 is 5.78. The van der Waals surface area contributed by atoms with E-state index in [0.717, 1.165) is 6.42 Å². The summed E-state index contributed by atoms with van der Waals surface area (Å²) >= 11 is 0. The number of ether oxygens (including phenoxy) is 1. The van der Waals surface area contributed by atoms with E-state index in [-0.39, 0.29) is 17.6 Å². The molecule has 2 aliphatic rings. The van der Waals surface area contributed by atoms with Gasteiger partial charge in [0, 0.05) is 6.54 Å². The van der Waals surface area contributed by atoms with Gasteiger partial charge in [-0.25, -0.2) is 0 Å². The van der Waals surface area contributed by atoms with E-state index in [9.17, 15) is 10.2 Å². The zero-order chi connectivity index (χ0) is 13.6. The van der Waals surface area contributed by atoms with Gasteiger partial charge in [-0.15, -0.1) is 6.58 Å². The van der Waals surface area contributed by atoms with E-state index in [1.807, 2.05) is 25.8 Å². The molecule has 2 N–H and O–H groups in total. The van der Waals surface area contributed by atoms with E-state index >= 15 is 0 Å². The third-order valence-electron chi connectivity index (χ3n) is 4.43. The van der Waals surface area contributed by atoms with Crippen LogP contribution in [0.1, 0.15) is 26.7 Å². The van der Waals surface area contributed by atoms with Crippen molar-refractivity contribution in [2.75, 3.05) is 20.2 Å². The Bertz CT molecular complexity index is 331. The summed E-state index contributed by atoms with van der Waals surface area (Å²) in [5.41, 5.74) is -1.14. The van der Waals surface area contributed by atoms with E-state index in [2.05, 4.69) is 6.58 Å². The molecule has 0 radical (unpaired) electrons. The van der Waals surface area contributed by atoms with E-state index in [1.54, 1.807) is 6.08 Å². The summed E-state index contributed by atoms with van der Waals surface area (Å²) in [4.78, 5) is 1.97. The van der Waals surface area contributed by atoms with Crippen molar-refractivity contribution in [3.8, 4) is 0 Å². The minimum atomic E-state index is -0.938. The fraction of sp³-hybridized carbons (Fsp3) is 0.857. The van der Waals surface area contributed by atoms with E-state index in [1.165, 1.54) is 0 Å². The number of aliphatic hydroxyl groups excluding tert-OH is 1. The molecule has 2 rings (SSSR count). The quantitative estimate of drug-likeness (QED) is 0.732. The van der Waals surface area contributed by atoms with Gasteiger partial charge in [0.15, 0.2) is 0 Å². The number of likely N-dealkylation sites (N-methyl/N-ethyl adjacent to an activating group) is 1. The summed E-state index contributed by atoms with van der Waals surface area (Å²) in [5.74, 6) is 0.105. The third-order valence-corrected chi connectivity index (χ3v) is 4.43. The third kappa shape index (κ3) is 2.23. The van der Waals surface area contributed by atoms with Crippen LogP contribution in [0.3, 0.4) is 0 Å². The average molecular weight is 255 g/mol. The first-order chi connectivity index (χ1) is 8.30. The highest BCUT2D eigenvalue weighted by Gasteiger charge is 2.59. The molecular formula is C14H25NO3. The molecule has 18 heavy (non-hydrogen) atoms. The lowest BCUT2D eigenvalue weighted by Crippen LogP contribution is -2.61. The summed E-state index contributed by atoms with van der Waals surface area (Å²) in [5, 5.41) is 21.2. The first kappa shape index (κ1) is 14.0. The highest BCUT2D eigenvalue weighted by molar-refractivity contribution is 5.11. The molecule has 4 atom stereocenters. The van der Waals surface area contributed by atoms with Crippen LogP contribution in [0, 0.1) is 5.92 Å². The van der Waals surface area contributed by atoms with Crippen molar-refractivity contribution in [2.24, 2.45) is 5.92 Å². The molecule has 1 heterocycles. The maximum absolute atomic E-state index is 10.9. The summed E-state index contributed by atoms with van der Waals surface area (Å²) in [7, 11) is 1.91. The van der Waals surface area contributed by atoms with Crippen LogP contribution in [0.25, 0.3) is 0 Å². The van der Waals surface area contributed by atoms with Gasteiger partial charge in [0.25, 0.3) is 0 Å². The number of hydrogen-bond donors (Lipinski definition) is 2. The van der Waals surface area contributed by atoms with Crippen LogP contribution in [0.15, 0.2) is 12.7 Å². The van der Waals surface area contributed by atoms with Crippen LogP contribution in [0.5, 0.6) is 0 Å². The molecule has 0 aromatic carbocycles. The second kappa shape index (κ2) is 4.60. The van der Waals surface area contributed by atoms with Gasteiger partial charge in [-0.2, -0.15) is 0 Å². The second-order valence-electron chi connectivity index (χ2n) is 6.42. The van der Waals surface area contributed by atoms with E-state index in [4.69, 9.17) is 4.74 Å². The molecule has 1 saturated heterocycles. The largest absolute Gasteiger partial charge is 0.391 e. The molecule has 0 aromatic rings. The molecule has 0 bridgehead atoms. The molecule has 104 valence electrons. The standard InChI is InChI=1S/C14H25NO3/c1-5-6-15(4)12-11(16)7-10-8-13(2,3)18-9-14(10,12)17/h5,10-12,16-17H,1,6-9H2,2-4H3/t10-,11-,12+,14+/m1/s1. The molecule has 4 heteroatoms. The van der Waals surface area contributed by atoms with Crippen molar-refractivity contribution in [2.45, 2.75) is 50.0 Å². The van der Waals surface area contributed by atoms with Gasteiger partial charge in [-0.3, -0.25) is 4.90 Å². The van der Waals surface area contributed by atoms with Crippen molar-refractivity contribution in [3.05, 3.63) is 12.7 Å². The first-order valence-corrected chi connectivity index (χ1v) is 6.66. The minimum absolute atomic E-state index is 0.105. The van der Waals surface area contributed by atoms with Gasteiger partial charge in [0.1, 0.15) is 5.60 Å². The zero-order valence-electron chi connectivity index (χ0n) is 11.6. The maximum atomic E-state index is 10.9. The Morgan fingerprint density at radius 3 is 2.78 bits per heavy atom. The lowest BCUT2D eigenvalue weighted by Gasteiger charge is -2.47. The topological polar surface area (TPSA) is 52.9 Å². The first-order valence-electron chi connectivity index (χ1n) is 6.66. The minimum Gasteiger partial charge on any atom is -0.391 e. The van der Waals surface area contributed by atoms with Crippen LogP contribution in [0.2, 0.25) is 0 Å². The Hall–Kier alpha value is -0.420. The SMILES string of the molecule is C=CCN(C)[C@H]1[C@H](O)C[C@@H]2CC(C)(C)OC[C@]21O. The Morgan fingerprint density at radius 2 is 2.17 bits per heavy atom. The molecule has 1 aliphatic carbocycles. The van der Waals surface area contributed by atoms with Gasteiger partial charge in [-0.05, 0) is 39.7 Å². The van der Waals surface area contributed by atoms with Crippen molar-refractivity contribution in [3.63, 3.8) is 0 Å². The molecule has 4 nitrogen and oxygen atoms in total. The van der Waals surface area contributed by atoms with Gasteiger partial charge < -0.3 is 14.9 Å². The smallest absolute Gasteiger partial charge is 0.109 e. The van der Waals surface area contributed by atoms with Gasteiger partial charge in [0.05, 0.1) is 24.4 Å². The summed E-state index contributed by atoms with van der Waals surface area (Å²) in [6, 6.07) is -0.267. The van der Waals surface area contributed by atoms with Crippen LogP contribution in [-0.2, 0) is 4.74 Å². The van der Waals surface area contributed by atoms with E-state index < -0.39 is 11.7 Å². The van der Waals surface area contributed by atoms with Gasteiger partial charge in [0.2, 0.25) is 0 Å². The molecule has 1 saturated carbocycles. The van der Waals surface area contributed by atoms with E-state index in [0.29, 0.717) is 19.6 Å². The van der Waals surface area contributed by atoms with Crippen LogP contribution < -0.4 is 0 Å². The molecule has 1 aliphatic heterocycles. The van der Waals surface area contributed by atoms with Crippen LogP contribution in [-0.4, -0.2) is 58.7 Å². The number of aliphatic hydroxyl groups is 2. The lowest BCUT2D eigenvalue weighted by atomic mass is 9.78. The highest BCUT2D eigenvalue weighted by Crippen LogP contribution is 2.47. The molecule has 0 amide bonds. The Balaban J connectivity index is 2.21. The van der Waals surface area contributed by atoms with Crippen LogP contribution in [0.4, 0.5) is 0 Å². The number of rotatable bonds is 3. The lowest BCUT2D eigenvalue weighted by molar-refractivity contribution is -0.195. The molecular weight excluding hydrogens is 230 g/mol. The molecule has 0 aromatic heterocycles. The zero-order valence-corrected chi connectivity index (χ0v) is 11.6.